The highest BCUT2D eigenvalue weighted by Crippen LogP contribution is 2.44. The molecule has 44 heavy (non-hydrogen) atoms. The van der Waals surface area contributed by atoms with E-state index in [2.05, 4.69) is 10.3 Å². The Morgan fingerprint density at radius 1 is 1.32 bits per heavy atom. The Morgan fingerprint density at radius 2 is 2.07 bits per heavy atom. The molecule has 0 saturated carbocycles. The highest BCUT2D eigenvalue weighted by atomic mass is 32.1. The molecule has 2 fully saturated rings. The number of likely N-dealkylation sites (tertiary alicyclic amines) is 2. The van der Waals surface area contributed by atoms with Crippen LogP contribution in [0.5, 0.6) is 0 Å². The molecule has 4 heterocycles. The normalized spacial score (nSPS) is 24.5. The van der Waals surface area contributed by atoms with Gasteiger partial charge in [0.25, 0.3) is 5.92 Å². The van der Waals surface area contributed by atoms with Gasteiger partial charge in [0.15, 0.2) is 10.8 Å². The van der Waals surface area contributed by atoms with Crippen molar-refractivity contribution in [2.45, 2.75) is 77.6 Å². The summed E-state index contributed by atoms with van der Waals surface area (Å²) < 4.78 is 51.8. The van der Waals surface area contributed by atoms with Crippen molar-refractivity contribution in [2.75, 3.05) is 26.2 Å². The van der Waals surface area contributed by atoms with E-state index in [-0.39, 0.29) is 31.2 Å². The summed E-state index contributed by atoms with van der Waals surface area (Å²) in [5.41, 5.74) is 0.214. The number of rotatable bonds is 10. The number of thiazole rings is 1. The number of halogens is 3. The first kappa shape index (κ1) is 32.1. The molecule has 3 aliphatic heterocycles. The molecule has 2 saturated heterocycles. The lowest BCUT2D eigenvalue weighted by atomic mass is 9.85. The van der Waals surface area contributed by atoms with Gasteiger partial charge in [0, 0.05) is 42.4 Å². The van der Waals surface area contributed by atoms with E-state index >= 15 is 8.78 Å². The first-order valence-electron chi connectivity index (χ1n) is 14.8. The Hall–Kier alpha value is -3.29. The summed E-state index contributed by atoms with van der Waals surface area (Å²) in [6.07, 6.45) is 2.30. The Labute approximate surface area is 258 Å². The topological polar surface area (TPSA) is 107 Å². The van der Waals surface area contributed by atoms with Crippen molar-refractivity contribution in [3.63, 3.8) is 0 Å². The average molecular weight is 634 g/mol. The van der Waals surface area contributed by atoms with Gasteiger partial charge >= 0.3 is 11.9 Å². The van der Waals surface area contributed by atoms with Crippen LogP contribution in [0.4, 0.5) is 13.2 Å². The van der Waals surface area contributed by atoms with Crippen LogP contribution in [0.25, 0.3) is 0 Å². The summed E-state index contributed by atoms with van der Waals surface area (Å²) in [6.45, 7) is 8.21. The predicted octanol–water partition coefficient (Wildman–Crippen LogP) is 4.78. The fourth-order valence-corrected chi connectivity index (χ4v) is 7.35. The van der Waals surface area contributed by atoms with Gasteiger partial charge in [0.1, 0.15) is 11.9 Å². The van der Waals surface area contributed by atoms with E-state index < -0.39 is 53.8 Å². The quantitative estimate of drug-likeness (QED) is 0.360. The van der Waals surface area contributed by atoms with Gasteiger partial charge in [-0.2, -0.15) is 0 Å². The van der Waals surface area contributed by atoms with Crippen molar-refractivity contribution >= 4 is 29.1 Å². The van der Waals surface area contributed by atoms with Crippen LogP contribution < -0.4 is 5.32 Å². The molecule has 0 aliphatic carbocycles. The van der Waals surface area contributed by atoms with Crippen LogP contribution in [-0.2, 0) is 14.3 Å². The number of carboxylic acids is 1. The molecule has 0 spiro atoms. The van der Waals surface area contributed by atoms with E-state index in [1.807, 2.05) is 0 Å². The number of hydrogen-bond donors (Lipinski definition) is 2. The van der Waals surface area contributed by atoms with Crippen molar-refractivity contribution in [3.05, 3.63) is 63.0 Å². The van der Waals surface area contributed by atoms with E-state index in [0.717, 1.165) is 0 Å². The second-order valence-electron chi connectivity index (χ2n) is 12.4. The fourth-order valence-electron chi connectivity index (χ4n) is 6.77. The number of amidine groups is 1. The fraction of sp³-hybridized carbons (Fsp3) is 0.548. The van der Waals surface area contributed by atoms with Crippen LogP contribution in [0.1, 0.15) is 62.7 Å². The van der Waals surface area contributed by atoms with Crippen LogP contribution in [0.15, 0.2) is 46.0 Å². The van der Waals surface area contributed by atoms with E-state index in [1.165, 1.54) is 17.4 Å². The molecule has 0 amide bonds. The van der Waals surface area contributed by atoms with Crippen LogP contribution in [0.2, 0.25) is 0 Å². The molecule has 2 N–H and O–H groups in total. The zero-order chi connectivity index (χ0) is 32.0. The summed E-state index contributed by atoms with van der Waals surface area (Å²) in [5, 5.41) is 15.1. The zero-order valence-electron chi connectivity index (χ0n) is 25.4. The van der Waals surface area contributed by atoms with E-state index in [1.54, 1.807) is 68.1 Å². The maximum absolute atomic E-state index is 15.8. The molecule has 13 heteroatoms. The Bertz CT molecular complexity index is 1480. The van der Waals surface area contributed by atoms with Crippen molar-refractivity contribution in [2.24, 2.45) is 10.4 Å². The molecule has 5 rings (SSSR count). The number of nitrogens with zero attached hydrogens (tertiary/aromatic N) is 4. The molecule has 9 nitrogen and oxygen atoms in total. The first-order valence-corrected chi connectivity index (χ1v) is 15.6. The number of nitrogens with one attached hydrogen (secondary N) is 1. The van der Waals surface area contributed by atoms with Gasteiger partial charge in [-0.05, 0) is 64.7 Å². The lowest BCUT2D eigenvalue weighted by Gasteiger charge is -2.36. The molecule has 1 aromatic heterocycles. The number of fused-ring (bicyclic) bond motifs is 1. The third kappa shape index (κ3) is 6.01. The van der Waals surface area contributed by atoms with Gasteiger partial charge in [0.2, 0.25) is 0 Å². The van der Waals surface area contributed by atoms with Gasteiger partial charge in [0.05, 0.1) is 30.2 Å². The van der Waals surface area contributed by atoms with Gasteiger partial charge in [-0.1, -0.05) is 12.1 Å². The average Bonchev–Trinajstić information content (AvgIpc) is 3.69. The molecule has 0 bridgehead atoms. The summed E-state index contributed by atoms with van der Waals surface area (Å²) >= 11 is 1.32. The SMILES string of the molecule is CCOC(=O)C1=C(CN2CC(F)(F)C3C2CCN3C(C)CC(C)(C)C(=O)O)NC(c2nccs2)=NC1c1cccc(F)c1C. The van der Waals surface area contributed by atoms with Crippen molar-refractivity contribution in [1.29, 1.82) is 0 Å². The van der Waals surface area contributed by atoms with E-state index in [0.29, 0.717) is 40.6 Å². The zero-order valence-corrected chi connectivity index (χ0v) is 26.3. The van der Waals surface area contributed by atoms with Gasteiger partial charge < -0.3 is 15.2 Å². The lowest BCUT2D eigenvalue weighted by molar-refractivity contribution is -0.148. The number of carbonyl (C=O) groups is 2. The van der Waals surface area contributed by atoms with Crippen molar-refractivity contribution in [3.8, 4) is 0 Å². The standard InChI is InChI=1S/C31H38F3N5O4S/c1-6-43-28(40)23-21(36-26(27-35-11-13-44-27)37-24(23)19-8-7-9-20(32)18(19)3)15-38-16-31(33,34)25-22(38)10-12-39(25)17(2)14-30(4,5)29(41)42/h7-9,11,13,17,22,24-25H,6,10,12,14-16H2,1-5H3,(H,36,37)(H,41,42). The second kappa shape index (κ2) is 12.2. The number of ether oxygens (including phenoxy) is 1. The molecule has 3 aliphatic rings. The van der Waals surface area contributed by atoms with Crippen molar-refractivity contribution in [1.82, 2.24) is 20.1 Å². The Balaban J connectivity index is 1.52. The number of aliphatic imine (C=N–C) groups is 1. The largest absolute Gasteiger partial charge is 0.481 e. The summed E-state index contributed by atoms with van der Waals surface area (Å²) in [4.78, 5) is 37.8. The van der Waals surface area contributed by atoms with Gasteiger partial charge in [-0.25, -0.2) is 22.9 Å². The second-order valence-corrected chi connectivity index (χ2v) is 13.3. The number of hydrogen-bond acceptors (Lipinski definition) is 9. The van der Waals surface area contributed by atoms with Gasteiger partial charge in [-0.3, -0.25) is 19.6 Å². The third-order valence-electron chi connectivity index (χ3n) is 8.89. The number of esters is 1. The van der Waals surface area contributed by atoms with Crippen LogP contribution in [0, 0.1) is 18.2 Å². The number of carbonyl (C=O) groups excluding carboxylic acids is 1. The highest BCUT2D eigenvalue weighted by molar-refractivity contribution is 7.11. The third-order valence-corrected chi connectivity index (χ3v) is 9.67. The van der Waals surface area contributed by atoms with E-state index in [9.17, 15) is 19.1 Å². The predicted molar refractivity (Wildman–Crippen MR) is 160 cm³/mol. The molecule has 4 unspecified atom stereocenters. The first-order chi connectivity index (χ1) is 20.7. The molecular weight excluding hydrogens is 595 g/mol. The number of aliphatic carboxylic acids is 1. The molecule has 238 valence electrons. The summed E-state index contributed by atoms with van der Waals surface area (Å²) in [7, 11) is 0. The van der Waals surface area contributed by atoms with Crippen molar-refractivity contribution < 1.29 is 32.6 Å². The summed E-state index contributed by atoms with van der Waals surface area (Å²) in [6, 6.07) is 1.61. The molecule has 0 radical (unpaired) electrons. The number of benzene rings is 1. The van der Waals surface area contributed by atoms with Crippen LogP contribution >= 0.6 is 11.3 Å². The minimum Gasteiger partial charge on any atom is -0.481 e. The molecule has 4 atom stereocenters. The maximum Gasteiger partial charge on any atom is 0.338 e. The number of aromatic nitrogens is 1. The molecule has 2 aromatic rings. The Kier molecular flexibility index (Phi) is 8.94. The smallest absolute Gasteiger partial charge is 0.338 e. The van der Waals surface area contributed by atoms with Crippen LogP contribution in [0.3, 0.4) is 0 Å². The van der Waals surface area contributed by atoms with Crippen LogP contribution in [-0.4, -0.2) is 88.0 Å². The number of carboxylic acid groups (broad SMARTS) is 1. The molecule has 1 aromatic carbocycles. The monoisotopic (exact) mass is 633 g/mol. The lowest BCUT2D eigenvalue weighted by Crippen LogP contribution is -2.50. The minimum absolute atomic E-state index is 0.0248. The summed E-state index contributed by atoms with van der Waals surface area (Å²) in [5.74, 6) is -4.80. The molecular formula is C31H38F3N5O4S. The van der Waals surface area contributed by atoms with Gasteiger partial charge in [-0.15, -0.1) is 11.3 Å². The maximum atomic E-state index is 15.8. The Morgan fingerprint density at radius 3 is 2.73 bits per heavy atom. The highest BCUT2D eigenvalue weighted by Gasteiger charge is 2.60. The number of alkyl halides is 2. The minimum atomic E-state index is -3.08. The van der Waals surface area contributed by atoms with E-state index in [4.69, 9.17) is 9.73 Å².